The second-order valence-corrected chi connectivity index (χ2v) is 9.69. The number of fused-ring (bicyclic) bond motifs is 5. The van der Waals surface area contributed by atoms with Gasteiger partial charge in [-0.15, -0.1) is 11.3 Å². The number of hydrogen-bond acceptors (Lipinski definition) is 7. The molecule has 0 fully saturated rings. The molecule has 3 heterocycles. The molecule has 5 rings (SSSR count). The van der Waals surface area contributed by atoms with Gasteiger partial charge in [-0.05, 0) is 49.2 Å². The highest BCUT2D eigenvalue weighted by Gasteiger charge is 2.26. The van der Waals surface area contributed by atoms with Gasteiger partial charge in [0.1, 0.15) is 23.9 Å². The highest BCUT2D eigenvalue weighted by atomic mass is 32.1. The van der Waals surface area contributed by atoms with Crippen LogP contribution in [-0.2, 0) is 6.61 Å². The zero-order valence-corrected chi connectivity index (χ0v) is 20.9. The fourth-order valence-electron chi connectivity index (χ4n) is 4.31. The summed E-state index contributed by atoms with van der Waals surface area (Å²) < 4.78 is 31.8. The Hall–Kier alpha value is -3.49. The molecule has 6 nitrogen and oxygen atoms in total. The molecule has 0 saturated heterocycles. The monoisotopic (exact) mass is 507 g/mol. The maximum atomic E-state index is 14.4. The molecular weight excluding hydrogens is 481 g/mol. The molecule has 0 spiro atoms. The number of nitrogens with zero attached hydrogens (tertiary/aromatic N) is 1. The van der Waals surface area contributed by atoms with Gasteiger partial charge in [0.25, 0.3) is 0 Å². The summed E-state index contributed by atoms with van der Waals surface area (Å²) in [6, 6.07) is 13.6. The molecule has 0 saturated carbocycles. The van der Waals surface area contributed by atoms with Gasteiger partial charge in [0.15, 0.2) is 17.3 Å². The van der Waals surface area contributed by atoms with E-state index in [0.717, 1.165) is 22.2 Å². The third-order valence-corrected chi connectivity index (χ3v) is 7.34. The zero-order chi connectivity index (χ0) is 25.2. The summed E-state index contributed by atoms with van der Waals surface area (Å²) in [5.41, 5.74) is 2.36. The Labute approximate surface area is 212 Å². The lowest BCUT2D eigenvalue weighted by molar-refractivity contribution is 0.0937. The lowest BCUT2D eigenvalue weighted by Gasteiger charge is -2.19. The van der Waals surface area contributed by atoms with Crippen molar-refractivity contribution in [3.63, 3.8) is 0 Å². The molecule has 36 heavy (non-hydrogen) atoms. The highest BCUT2D eigenvalue weighted by Crippen LogP contribution is 2.46. The zero-order valence-electron chi connectivity index (χ0n) is 20.0. The van der Waals surface area contributed by atoms with Crippen LogP contribution in [0, 0.1) is 5.82 Å². The molecule has 8 heteroatoms. The van der Waals surface area contributed by atoms with E-state index in [9.17, 15) is 14.3 Å². The molecule has 1 atom stereocenters. The highest BCUT2D eigenvalue weighted by molar-refractivity contribution is 7.19. The van der Waals surface area contributed by atoms with E-state index in [1.807, 2.05) is 13.0 Å². The van der Waals surface area contributed by atoms with Crippen molar-refractivity contribution >= 4 is 27.2 Å². The molecule has 2 aromatic carbocycles. The number of rotatable bonds is 9. The number of aliphatic hydroxyl groups excluding tert-OH is 1. The van der Waals surface area contributed by atoms with E-state index in [2.05, 4.69) is 4.98 Å². The number of benzene rings is 2. The van der Waals surface area contributed by atoms with Gasteiger partial charge in [-0.1, -0.05) is 19.1 Å². The molecule has 1 aliphatic heterocycles. The first-order chi connectivity index (χ1) is 17.5. The minimum atomic E-state index is -0.944. The topological polar surface area (TPSA) is 77.9 Å². The maximum Gasteiger partial charge on any atom is 0.163 e. The van der Waals surface area contributed by atoms with Crippen molar-refractivity contribution in [2.24, 2.45) is 0 Å². The average Bonchev–Trinajstić information content (AvgIpc) is 3.30. The number of hydrogen-bond donors (Lipinski definition) is 1. The van der Waals surface area contributed by atoms with Crippen LogP contribution in [-0.4, -0.2) is 29.6 Å². The summed E-state index contributed by atoms with van der Waals surface area (Å²) in [6.07, 6.45) is 0.256. The SMILES string of the molecule is CCCOc1ccc(C(=O)CCC(O)c2ccc3c(n2)-c2c(sc4c(F)cccc24)CO3)cc1OC. The summed E-state index contributed by atoms with van der Waals surface area (Å²) >= 11 is 1.36. The van der Waals surface area contributed by atoms with Gasteiger partial charge in [-0.2, -0.15) is 0 Å². The van der Waals surface area contributed by atoms with Gasteiger partial charge >= 0.3 is 0 Å². The smallest absolute Gasteiger partial charge is 0.163 e. The minimum Gasteiger partial charge on any atom is -0.493 e. The van der Waals surface area contributed by atoms with Gasteiger partial charge in [0.2, 0.25) is 0 Å². The van der Waals surface area contributed by atoms with Crippen molar-refractivity contribution in [3.05, 3.63) is 70.5 Å². The minimum absolute atomic E-state index is 0.114. The van der Waals surface area contributed by atoms with Crippen molar-refractivity contribution < 1.29 is 28.5 Å². The first-order valence-electron chi connectivity index (χ1n) is 11.9. The fraction of sp³-hybridized carbons (Fsp3) is 0.286. The first kappa shape index (κ1) is 24.2. The molecule has 0 aliphatic carbocycles. The van der Waals surface area contributed by atoms with Crippen LogP contribution < -0.4 is 14.2 Å². The molecule has 0 bridgehead atoms. The third-order valence-electron chi connectivity index (χ3n) is 6.15. The van der Waals surface area contributed by atoms with Crippen molar-refractivity contribution in [2.75, 3.05) is 13.7 Å². The quantitative estimate of drug-likeness (QED) is 0.261. The summed E-state index contributed by atoms with van der Waals surface area (Å²) in [4.78, 5) is 18.4. The van der Waals surface area contributed by atoms with Gasteiger partial charge in [-0.25, -0.2) is 9.37 Å². The number of aliphatic hydroxyl groups is 1. The second-order valence-electron chi connectivity index (χ2n) is 8.58. The molecule has 0 amide bonds. The van der Waals surface area contributed by atoms with Gasteiger partial charge in [0.05, 0.1) is 35.1 Å². The Morgan fingerprint density at radius 1 is 1.22 bits per heavy atom. The number of halogens is 1. The van der Waals surface area contributed by atoms with Gasteiger partial charge in [0, 0.05) is 22.9 Å². The van der Waals surface area contributed by atoms with Crippen LogP contribution in [0.3, 0.4) is 0 Å². The molecule has 1 aliphatic rings. The van der Waals surface area contributed by atoms with Crippen LogP contribution in [0.5, 0.6) is 17.2 Å². The van der Waals surface area contributed by atoms with Crippen LogP contribution in [0.2, 0.25) is 0 Å². The molecule has 2 aromatic heterocycles. The van der Waals surface area contributed by atoms with E-state index in [1.54, 1.807) is 36.4 Å². The lowest BCUT2D eigenvalue weighted by atomic mass is 10.0. The number of methoxy groups -OCH3 is 1. The van der Waals surface area contributed by atoms with E-state index in [4.69, 9.17) is 14.2 Å². The molecule has 1 N–H and O–H groups in total. The number of Topliss-reactive ketones (excluding diaryl/α,β-unsaturated/α-hetero) is 1. The van der Waals surface area contributed by atoms with E-state index in [0.29, 0.717) is 52.1 Å². The second kappa shape index (κ2) is 10.2. The normalized spacial score (nSPS) is 13.0. The van der Waals surface area contributed by atoms with Crippen LogP contribution in [0.1, 0.15) is 53.2 Å². The number of ether oxygens (including phenoxy) is 3. The van der Waals surface area contributed by atoms with Crippen LogP contribution in [0.15, 0.2) is 48.5 Å². The summed E-state index contributed by atoms with van der Waals surface area (Å²) in [5.74, 6) is 1.30. The molecular formula is C28H26FNO5S. The molecule has 0 radical (unpaired) electrons. The van der Waals surface area contributed by atoms with Crippen molar-refractivity contribution in [1.82, 2.24) is 4.98 Å². The number of carbonyl (C=O) groups excluding carboxylic acids is 1. The summed E-state index contributed by atoms with van der Waals surface area (Å²) in [7, 11) is 1.54. The Bertz CT molecular complexity index is 1430. The standard InChI is InChI=1S/C28H26FNO5S/c1-3-13-34-22-11-7-16(14-24(22)33-2)20(31)9-10-21(32)19-8-12-23-27(30-19)26-17-5-4-6-18(29)28(17)36-25(26)15-35-23/h4-8,11-12,14,21,32H,3,9-10,13,15H2,1-2H3. The van der Waals surface area contributed by atoms with E-state index in [1.165, 1.54) is 24.5 Å². The fourth-order valence-corrected chi connectivity index (χ4v) is 5.43. The third kappa shape index (κ3) is 4.54. The maximum absolute atomic E-state index is 14.4. The number of thiophene rings is 1. The van der Waals surface area contributed by atoms with Crippen molar-refractivity contribution in [3.8, 4) is 28.5 Å². The lowest BCUT2D eigenvalue weighted by Crippen LogP contribution is -2.09. The summed E-state index contributed by atoms with van der Waals surface area (Å²) in [6.45, 7) is 2.93. The average molecular weight is 508 g/mol. The van der Waals surface area contributed by atoms with E-state index in [-0.39, 0.29) is 24.4 Å². The van der Waals surface area contributed by atoms with Crippen molar-refractivity contribution in [2.45, 2.75) is 38.9 Å². The van der Waals surface area contributed by atoms with E-state index >= 15 is 0 Å². The van der Waals surface area contributed by atoms with E-state index < -0.39 is 6.10 Å². The predicted octanol–water partition coefficient (Wildman–Crippen LogP) is 6.49. The number of pyridine rings is 1. The number of aromatic nitrogens is 1. The largest absolute Gasteiger partial charge is 0.493 e. The van der Waals surface area contributed by atoms with Crippen molar-refractivity contribution in [1.29, 1.82) is 0 Å². The Kier molecular flexibility index (Phi) is 6.89. The number of carbonyl (C=O) groups is 1. The Balaban J connectivity index is 1.34. The van der Waals surface area contributed by atoms with Crippen LogP contribution >= 0.6 is 11.3 Å². The Morgan fingerprint density at radius 3 is 2.89 bits per heavy atom. The Morgan fingerprint density at radius 2 is 2.08 bits per heavy atom. The number of ketones is 1. The van der Waals surface area contributed by atoms with Crippen LogP contribution in [0.25, 0.3) is 21.3 Å². The van der Waals surface area contributed by atoms with Crippen LogP contribution in [0.4, 0.5) is 4.39 Å². The first-order valence-corrected chi connectivity index (χ1v) is 12.7. The molecule has 186 valence electrons. The van der Waals surface area contributed by atoms with Gasteiger partial charge in [-0.3, -0.25) is 4.79 Å². The predicted molar refractivity (Wildman–Crippen MR) is 137 cm³/mol. The molecule has 4 aromatic rings. The van der Waals surface area contributed by atoms with Gasteiger partial charge < -0.3 is 19.3 Å². The summed E-state index contributed by atoms with van der Waals surface area (Å²) in [5, 5.41) is 11.6. The molecule has 1 unspecified atom stereocenters.